The lowest BCUT2D eigenvalue weighted by Gasteiger charge is -2.40. The third-order valence-corrected chi connectivity index (χ3v) is 8.62. The lowest BCUT2D eigenvalue weighted by Crippen LogP contribution is -2.46. The third kappa shape index (κ3) is 5.20. The molecule has 2 saturated heterocycles. The molecule has 5 rings (SSSR count). The van der Waals surface area contributed by atoms with E-state index in [2.05, 4.69) is 57.9 Å². The number of nitrogens with zero attached hydrogens (tertiary/aromatic N) is 4. The van der Waals surface area contributed by atoms with Gasteiger partial charge in [-0.15, -0.1) is 10.2 Å². The first-order valence-corrected chi connectivity index (χ1v) is 13.6. The average molecular weight is 500 g/mol. The molecule has 0 spiro atoms. The minimum Gasteiger partial charge on any atom is -0.355 e. The van der Waals surface area contributed by atoms with Crippen LogP contribution in [0.25, 0.3) is 0 Å². The molecule has 2 aliphatic heterocycles. The molecule has 1 amide bonds. The SMILES string of the molecule is Cc1nnc(C(C)C)n1[C@H]1C[C@H]2CC[C@@H](C1)N2CCC(CNC(=O)C1CC(F)(F)C1)c1ccccc1. The number of halogens is 2. The maximum Gasteiger partial charge on any atom is 0.249 e. The molecule has 1 aromatic heterocycles. The Morgan fingerprint density at radius 1 is 1.08 bits per heavy atom. The minimum atomic E-state index is -2.67. The number of nitrogens with one attached hydrogen (secondary N) is 1. The topological polar surface area (TPSA) is 63.1 Å². The van der Waals surface area contributed by atoms with Crippen molar-refractivity contribution in [1.82, 2.24) is 25.0 Å². The Balaban J connectivity index is 1.21. The molecule has 3 heterocycles. The molecule has 1 aliphatic carbocycles. The Hall–Kier alpha value is -2.35. The molecule has 1 saturated carbocycles. The summed E-state index contributed by atoms with van der Waals surface area (Å²) in [6.07, 6.45) is 4.99. The molecule has 6 nitrogen and oxygen atoms in total. The number of carbonyl (C=O) groups excluding carboxylic acids is 1. The molecule has 0 radical (unpaired) electrons. The summed E-state index contributed by atoms with van der Waals surface area (Å²) in [6.45, 7) is 7.91. The highest BCUT2D eigenvalue weighted by atomic mass is 19.3. The highest BCUT2D eigenvalue weighted by Crippen LogP contribution is 2.43. The van der Waals surface area contributed by atoms with E-state index in [0.717, 1.165) is 37.5 Å². The van der Waals surface area contributed by atoms with Crippen LogP contribution in [-0.4, -0.2) is 56.7 Å². The summed E-state index contributed by atoms with van der Waals surface area (Å²) >= 11 is 0. The second kappa shape index (κ2) is 10.2. The van der Waals surface area contributed by atoms with Crippen LogP contribution in [0.15, 0.2) is 30.3 Å². The highest BCUT2D eigenvalue weighted by Gasteiger charge is 2.48. The van der Waals surface area contributed by atoms with Crippen LogP contribution in [0.1, 0.15) is 93.9 Å². The second-order valence-electron chi connectivity index (χ2n) is 11.5. The van der Waals surface area contributed by atoms with Gasteiger partial charge in [-0.3, -0.25) is 9.69 Å². The molecule has 1 unspecified atom stereocenters. The summed E-state index contributed by atoms with van der Waals surface area (Å²) in [5.41, 5.74) is 1.20. The molecule has 2 aromatic rings. The number of aryl methyl sites for hydroxylation is 1. The predicted molar refractivity (Wildman–Crippen MR) is 135 cm³/mol. The highest BCUT2D eigenvalue weighted by molar-refractivity contribution is 5.79. The normalized spacial score (nSPS) is 26.7. The van der Waals surface area contributed by atoms with E-state index in [1.807, 2.05) is 18.2 Å². The van der Waals surface area contributed by atoms with Gasteiger partial charge < -0.3 is 9.88 Å². The average Bonchev–Trinajstić information content (AvgIpc) is 3.33. The molecule has 2 bridgehead atoms. The summed E-state index contributed by atoms with van der Waals surface area (Å²) < 4.78 is 28.8. The van der Waals surface area contributed by atoms with Crippen LogP contribution in [0.5, 0.6) is 0 Å². The summed E-state index contributed by atoms with van der Waals surface area (Å²) in [4.78, 5) is 15.1. The van der Waals surface area contributed by atoms with Crippen LogP contribution in [0.2, 0.25) is 0 Å². The van der Waals surface area contributed by atoms with Crippen molar-refractivity contribution in [1.29, 1.82) is 0 Å². The Morgan fingerprint density at radius 2 is 1.75 bits per heavy atom. The second-order valence-corrected chi connectivity index (χ2v) is 11.5. The van der Waals surface area contributed by atoms with Crippen molar-refractivity contribution in [2.75, 3.05) is 13.1 Å². The molecular weight excluding hydrogens is 460 g/mol. The molecule has 3 aliphatic rings. The van der Waals surface area contributed by atoms with Gasteiger partial charge in [-0.2, -0.15) is 0 Å². The summed E-state index contributed by atoms with van der Waals surface area (Å²) in [6, 6.07) is 11.8. The van der Waals surface area contributed by atoms with E-state index in [9.17, 15) is 13.6 Å². The number of benzene rings is 1. The first-order valence-electron chi connectivity index (χ1n) is 13.6. The van der Waals surface area contributed by atoms with E-state index >= 15 is 0 Å². The standard InChI is InChI=1S/C28H39F2N5O/c1-18(2)26-33-32-19(3)35(26)25-13-23-9-10-24(14-25)34(23)12-11-21(20-7-5-4-6-8-20)17-31-27(36)22-15-28(29,30)16-22/h4-8,18,21-25H,9-17H2,1-3H3,(H,31,36)/t21?,23-,24+,25+. The monoisotopic (exact) mass is 499 g/mol. The molecule has 36 heavy (non-hydrogen) atoms. The zero-order valence-electron chi connectivity index (χ0n) is 21.7. The number of hydrogen-bond acceptors (Lipinski definition) is 4. The Bertz CT molecular complexity index is 1030. The first-order chi connectivity index (χ1) is 17.2. The van der Waals surface area contributed by atoms with Crippen molar-refractivity contribution in [3.05, 3.63) is 47.5 Å². The number of piperidine rings is 1. The van der Waals surface area contributed by atoms with Crippen LogP contribution in [0.4, 0.5) is 8.78 Å². The van der Waals surface area contributed by atoms with Gasteiger partial charge in [-0.05, 0) is 51.1 Å². The van der Waals surface area contributed by atoms with Gasteiger partial charge in [0, 0.05) is 55.3 Å². The summed E-state index contributed by atoms with van der Waals surface area (Å²) in [5.74, 6) is -0.824. The van der Waals surface area contributed by atoms with Crippen LogP contribution >= 0.6 is 0 Å². The maximum absolute atomic E-state index is 13.2. The van der Waals surface area contributed by atoms with Crippen molar-refractivity contribution in [2.24, 2.45) is 5.92 Å². The maximum atomic E-state index is 13.2. The molecule has 1 N–H and O–H groups in total. The Kier molecular flexibility index (Phi) is 7.16. The van der Waals surface area contributed by atoms with Gasteiger partial charge >= 0.3 is 0 Å². The van der Waals surface area contributed by atoms with Gasteiger partial charge in [0.1, 0.15) is 11.6 Å². The lowest BCUT2D eigenvalue weighted by atomic mass is 9.80. The van der Waals surface area contributed by atoms with Crippen molar-refractivity contribution < 1.29 is 13.6 Å². The van der Waals surface area contributed by atoms with Crippen LogP contribution < -0.4 is 5.32 Å². The fraction of sp³-hybridized carbons (Fsp3) is 0.679. The number of hydrogen-bond donors (Lipinski definition) is 1. The lowest BCUT2D eigenvalue weighted by molar-refractivity contribution is -0.150. The van der Waals surface area contributed by atoms with Crippen molar-refractivity contribution in [2.45, 2.75) is 102 Å². The van der Waals surface area contributed by atoms with Gasteiger partial charge in [0.05, 0.1) is 0 Å². The van der Waals surface area contributed by atoms with Gasteiger partial charge in [0.25, 0.3) is 0 Å². The number of alkyl halides is 2. The zero-order valence-corrected chi connectivity index (χ0v) is 21.7. The van der Waals surface area contributed by atoms with Gasteiger partial charge in [0.2, 0.25) is 11.8 Å². The van der Waals surface area contributed by atoms with Crippen molar-refractivity contribution in [3.8, 4) is 0 Å². The van der Waals surface area contributed by atoms with Gasteiger partial charge in [-0.25, -0.2) is 8.78 Å². The number of aromatic nitrogens is 3. The van der Waals surface area contributed by atoms with E-state index in [4.69, 9.17) is 0 Å². The first kappa shape index (κ1) is 25.3. The summed E-state index contributed by atoms with van der Waals surface area (Å²) in [5, 5.41) is 11.8. The minimum absolute atomic E-state index is 0.167. The van der Waals surface area contributed by atoms with Crippen molar-refractivity contribution in [3.63, 3.8) is 0 Å². The molecule has 1 aromatic carbocycles. The zero-order chi connectivity index (χ0) is 25.4. The molecule has 3 fully saturated rings. The third-order valence-electron chi connectivity index (χ3n) is 8.62. The van der Waals surface area contributed by atoms with Gasteiger partial charge in [0.15, 0.2) is 0 Å². The van der Waals surface area contributed by atoms with E-state index in [1.54, 1.807) is 0 Å². The number of fused-ring (bicyclic) bond motifs is 2. The Morgan fingerprint density at radius 3 is 2.36 bits per heavy atom. The van der Waals surface area contributed by atoms with Crippen LogP contribution in [0, 0.1) is 12.8 Å². The van der Waals surface area contributed by atoms with Gasteiger partial charge in [-0.1, -0.05) is 44.2 Å². The molecule has 196 valence electrons. The van der Waals surface area contributed by atoms with Crippen molar-refractivity contribution >= 4 is 5.91 Å². The van der Waals surface area contributed by atoms with Crippen LogP contribution in [-0.2, 0) is 4.79 Å². The van der Waals surface area contributed by atoms with E-state index < -0.39 is 11.8 Å². The smallest absolute Gasteiger partial charge is 0.249 e. The predicted octanol–water partition coefficient (Wildman–Crippen LogP) is 5.21. The largest absolute Gasteiger partial charge is 0.355 e. The number of carbonyl (C=O) groups is 1. The fourth-order valence-corrected chi connectivity index (χ4v) is 6.68. The van der Waals surface area contributed by atoms with E-state index in [1.165, 1.54) is 18.4 Å². The fourth-order valence-electron chi connectivity index (χ4n) is 6.68. The number of amides is 1. The molecule has 4 atom stereocenters. The number of rotatable bonds is 9. The Labute approximate surface area is 212 Å². The van der Waals surface area contributed by atoms with Crippen LogP contribution in [0.3, 0.4) is 0 Å². The van der Waals surface area contributed by atoms with E-state index in [-0.39, 0.29) is 24.7 Å². The molecular formula is C28H39F2N5O. The molecule has 8 heteroatoms. The van der Waals surface area contributed by atoms with E-state index in [0.29, 0.717) is 30.6 Å². The quantitative estimate of drug-likeness (QED) is 0.514. The summed E-state index contributed by atoms with van der Waals surface area (Å²) in [7, 11) is 0.